The number of hydrogen-bond donors (Lipinski definition) is 2. The van der Waals surface area contributed by atoms with Crippen molar-refractivity contribution < 1.29 is 14.9 Å². The molecular weight excluding hydrogens is 240 g/mol. The van der Waals surface area contributed by atoms with E-state index < -0.39 is 6.10 Å². The number of ether oxygens (including phenoxy) is 1. The first-order valence-electron chi connectivity index (χ1n) is 6.98. The molecule has 3 heteroatoms. The molecule has 108 valence electrons. The van der Waals surface area contributed by atoms with Gasteiger partial charge in [0.1, 0.15) is 18.5 Å². The number of aliphatic hydroxyl groups excluding tert-OH is 2. The van der Waals surface area contributed by atoms with Gasteiger partial charge in [-0.2, -0.15) is 0 Å². The van der Waals surface area contributed by atoms with Crippen molar-refractivity contribution in [3.8, 4) is 5.75 Å². The Hall–Kier alpha value is -1.06. The lowest BCUT2D eigenvalue weighted by atomic mass is 9.96. The fraction of sp³-hybridized carbons (Fsp3) is 0.625. The van der Waals surface area contributed by atoms with E-state index in [1.807, 2.05) is 12.1 Å². The van der Waals surface area contributed by atoms with E-state index in [0.717, 1.165) is 12.2 Å². The highest BCUT2D eigenvalue weighted by Crippen LogP contribution is 2.24. The van der Waals surface area contributed by atoms with Crippen LogP contribution in [0.2, 0.25) is 0 Å². The van der Waals surface area contributed by atoms with Crippen molar-refractivity contribution in [1.82, 2.24) is 0 Å². The normalized spacial score (nSPS) is 13.1. The van der Waals surface area contributed by atoms with Crippen molar-refractivity contribution in [3.63, 3.8) is 0 Å². The molecule has 2 N–H and O–H groups in total. The Labute approximate surface area is 116 Å². The van der Waals surface area contributed by atoms with Gasteiger partial charge in [0.05, 0.1) is 6.61 Å². The van der Waals surface area contributed by atoms with E-state index in [4.69, 9.17) is 9.84 Å². The van der Waals surface area contributed by atoms with E-state index in [2.05, 4.69) is 33.8 Å². The Morgan fingerprint density at radius 2 is 1.79 bits per heavy atom. The summed E-state index contributed by atoms with van der Waals surface area (Å²) >= 11 is 0. The maximum Gasteiger partial charge on any atom is 0.119 e. The first kappa shape index (κ1) is 16.0. The fourth-order valence-corrected chi connectivity index (χ4v) is 1.94. The van der Waals surface area contributed by atoms with Gasteiger partial charge in [-0.3, -0.25) is 0 Å². The monoisotopic (exact) mass is 266 g/mol. The maximum atomic E-state index is 9.34. The quantitative estimate of drug-likeness (QED) is 0.798. The van der Waals surface area contributed by atoms with Crippen LogP contribution in [0.5, 0.6) is 5.75 Å². The molecule has 0 bridgehead atoms. The lowest BCUT2D eigenvalue weighted by Crippen LogP contribution is -2.21. The summed E-state index contributed by atoms with van der Waals surface area (Å²) in [4.78, 5) is 0. The van der Waals surface area contributed by atoms with Gasteiger partial charge in [-0.1, -0.05) is 33.8 Å². The molecule has 0 aliphatic heterocycles. The molecule has 0 fully saturated rings. The van der Waals surface area contributed by atoms with Gasteiger partial charge >= 0.3 is 0 Å². The van der Waals surface area contributed by atoms with Crippen LogP contribution in [0.25, 0.3) is 0 Å². The Balaban J connectivity index is 2.86. The highest BCUT2D eigenvalue weighted by molar-refractivity contribution is 5.36. The predicted molar refractivity (Wildman–Crippen MR) is 77.7 cm³/mol. The summed E-state index contributed by atoms with van der Waals surface area (Å²) in [5, 5.41) is 18.1. The van der Waals surface area contributed by atoms with Gasteiger partial charge in [0.2, 0.25) is 0 Å². The minimum absolute atomic E-state index is 0.124. The summed E-state index contributed by atoms with van der Waals surface area (Å²) in [6.07, 6.45) is 0.190. The van der Waals surface area contributed by atoms with Gasteiger partial charge in [-0.25, -0.2) is 0 Å². The van der Waals surface area contributed by atoms with Crippen LogP contribution in [0.1, 0.15) is 44.7 Å². The molecule has 0 saturated carbocycles. The van der Waals surface area contributed by atoms with Crippen LogP contribution in [0.4, 0.5) is 0 Å². The van der Waals surface area contributed by atoms with Crippen molar-refractivity contribution in [3.05, 3.63) is 29.3 Å². The summed E-state index contributed by atoms with van der Waals surface area (Å²) in [6.45, 7) is 8.54. The van der Waals surface area contributed by atoms with Crippen LogP contribution in [0.3, 0.4) is 0 Å². The second-order valence-electron chi connectivity index (χ2n) is 5.81. The van der Waals surface area contributed by atoms with Crippen molar-refractivity contribution in [2.45, 2.75) is 46.1 Å². The molecule has 0 aliphatic rings. The molecular formula is C16H26O3. The van der Waals surface area contributed by atoms with E-state index in [1.165, 1.54) is 11.1 Å². The summed E-state index contributed by atoms with van der Waals surface area (Å²) in [5.41, 5.74) is 2.50. The number of aliphatic hydroxyl groups is 2. The minimum atomic E-state index is -0.823. The van der Waals surface area contributed by atoms with Crippen LogP contribution >= 0.6 is 0 Å². The second kappa shape index (κ2) is 7.51. The van der Waals surface area contributed by atoms with Gasteiger partial charge < -0.3 is 14.9 Å². The highest BCUT2D eigenvalue weighted by atomic mass is 16.5. The molecule has 0 heterocycles. The number of hydrogen-bond acceptors (Lipinski definition) is 3. The molecule has 1 aromatic rings. The maximum absolute atomic E-state index is 9.34. The van der Waals surface area contributed by atoms with E-state index in [0.29, 0.717) is 11.8 Å². The molecule has 1 unspecified atom stereocenters. The Morgan fingerprint density at radius 3 is 2.32 bits per heavy atom. The largest absolute Gasteiger partial charge is 0.491 e. The highest BCUT2D eigenvalue weighted by Gasteiger charge is 2.09. The average Bonchev–Trinajstić information content (AvgIpc) is 2.34. The third kappa shape index (κ3) is 5.62. The van der Waals surface area contributed by atoms with Crippen LogP contribution in [-0.4, -0.2) is 29.5 Å². The molecule has 0 spiro atoms. The Bertz CT molecular complexity index is 386. The zero-order valence-electron chi connectivity index (χ0n) is 12.4. The van der Waals surface area contributed by atoms with Gasteiger partial charge in [0.15, 0.2) is 0 Å². The molecule has 0 radical (unpaired) electrons. The first-order valence-corrected chi connectivity index (χ1v) is 6.98. The zero-order chi connectivity index (χ0) is 14.4. The summed E-state index contributed by atoms with van der Waals surface area (Å²) < 4.78 is 5.56. The van der Waals surface area contributed by atoms with Crippen LogP contribution in [0, 0.1) is 5.92 Å². The summed E-state index contributed by atoms with van der Waals surface area (Å²) in [5.74, 6) is 1.81. The molecule has 3 nitrogen and oxygen atoms in total. The third-order valence-corrected chi connectivity index (χ3v) is 2.95. The lowest BCUT2D eigenvalue weighted by molar-refractivity contribution is 0.0535. The standard InChI is InChI=1S/C16H26O3/c1-11(2)5-13-6-14(12(3)4)8-16(7-13)19-10-15(18)9-17/h6-8,11-12,15,17-18H,5,9-10H2,1-4H3. The number of benzene rings is 1. The fourth-order valence-electron chi connectivity index (χ4n) is 1.94. The topological polar surface area (TPSA) is 49.7 Å². The Kier molecular flexibility index (Phi) is 6.32. The molecule has 19 heavy (non-hydrogen) atoms. The van der Waals surface area contributed by atoms with Crippen molar-refractivity contribution in [1.29, 1.82) is 0 Å². The van der Waals surface area contributed by atoms with Crippen LogP contribution in [0.15, 0.2) is 18.2 Å². The second-order valence-corrected chi connectivity index (χ2v) is 5.81. The van der Waals surface area contributed by atoms with Gasteiger partial charge in [0.25, 0.3) is 0 Å². The van der Waals surface area contributed by atoms with Gasteiger partial charge in [-0.05, 0) is 41.5 Å². The molecule has 1 aromatic carbocycles. The SMILES string of the molecule is CC(C)Cc1cc(OCC(O)CO)cc(C(C)C)c1. The van der Waals surface area contributed by atoms with Crippen molar-refractivity contribution in [2.75, 3.05) is 13.2 Å². The van der Waals surface area contributed by atoms with Gasteiger partial charge in [-0.15, -0.1) is 0 Å². The van der Waals surface area contributed by atoms with E-state index in [9.17, 15) is 5.11 Å². The first-order chi connectivity index (χ1) is 8.92. The molecule has 0 saturated heterocycles. The van der Waals surface area contributed by atoms with E-state index in [-0.39, 0.29) is 13.2 Å². The Morgan fingerprint density at radius 1 is 1.11 bits per heavy atom. The summed E-state index contributed by atoms with van der Waals surface area (Å²) in [7, 11) is 0. The minimum Gasteiger partial charge on any atom is -0.491 e. The third-order valence-electron chi connectivity index (χ3n) is 2.95. The van der Waals surface area contributed by atoms with E-state index >= 15 is 0 Å². The molecule has 0 aromatic heterocycles. The molecule has 0 amide bonds. The van der Waals surface area contributed by atoms with Crippen LogP contribution < -0.4 is 4.74 Å². The molecule has 1 rings (SSSR count). The number of rotatable bonds is 7. The average molecular weight is 266 g/mol. The van der Waals surface area contributed by atoms with Crippen molar-refractivity contribution >= 4 is 0 Å². The van der Waals surface area contributed by atoms with E-state index in [1.54, 1.807) is 0 Å². The smallest absolute Gasteiger partial charge is 0.119 e. The van der Waals surface area contributed by atoms with Gasteiger partial charge in [0, 0.05) is 0 Å². The van der Waals surface area contributed by atoms with Crippen LogP contribution in [-0.2, 0) is 6.42 Å². The summed E-state index contributed by atoms with van der Waals surface area (Å²) in [6, 6.07) is 6.26. The molecule has 0 aliphatic carbocycles. The molecule has 1 atom stereocenters. The lowest BCUT2D eigenvalue weighted by Gasteiger charge is -2.15. The zero-order valence-corrected chi connectivity index (χ0v) is 12.4. The van der Waals surface area contributed by atoms with Crippen molar-refractivity contribution in [2.24, 2.45) is 5.92 Å². The predicted octanol–water partition coefficient (Wildman–Crippen LogP) is 2.74.